The van der Waals surface area contributed by atoms with Crippen molar-refractivity contribution in [1.82, 2.24) is 4.90 Å². The van der Waals surface area contributed by atoms with E-state index in [9.17, 15) is 14.9 Å². The van der Waals surface area contributed by atoms with Gasteiger partial charge in [-0.2, -0.15) is 0 Å². The van der Waals surface area contributed by atoms with Crippen molar-refractivity contribution in [2.24, 2.45) is 0 Å². The first-order chi connectivity index (χ1) is 9.92. The fourth-order valence-corrected chi connectivity index (χ4v) is 2.49. The number of hydrogen-bond acceptors (Lipinski definition) is 5. The average molecular weight is 294 g/mol. The van der Waals surface area contributed by atoms with Crippen molar-refractivity contribution in [2.75, 3.05) is 20.2 Å². The summed E-state index contributed by atoms with van der Waals surface area (Å²) in [6, 6.07) is 4.24. The molecular formula is C14H18N2O5. The van der Waals surface area contributed by atoms with E-state index >= 15 is 0 Å². The van der Waals surface area contributed by atoms with Gasteiger partial charge in [0.05, 0.1) is 24.2 Å². The highest BCUT2D eigenvalue weighted by atomic mass is 16.6. The molecule has 2 rings (SSSR count). The van der Waals surface area contributed by atoms with E-state index in [1.807, 2.05) is 13.8 Å². The molecule has 0 saturated carbocycles. The Labute approximate surface area is 122 Å². The molecule has 0 N–H and O–H groups in total. The molecule has 1 aromatic rings. The smallest absolute Gasteiger partial charge is 0.311 e. The minimum absolute atomic E-state index is 0.0501. The van der Waals surface area contributed by atoms with Crippen LogP contribution in [0.1, 0.15) is 24.2 Å². The molecule has 21 heavy (non-hydrogen) atoms. The lowest BCUT2D eigenvalue weighted by molar-refractivity contribution is -0.385. The van der Waals surface area contributed by atoms with Gasteiger partial charge in [-0.05, 0) is 26.0 Å². The number of carbonyl (C=O) groups excluding carboxylic acids is 1. The maximum atomic E-state index is 12.5. The molecular weight excluding hydrogens is 276 g/mol. The highest BCUT2D eigenvalue weighted by Gasteiger charge is 2.28. The van der Waals surface area contributed by atoms with E-state index in [1.54, 1.807) is 11.0 Å². The van der Waals surface area contributed by atoms with Crippen LogP contribution in [-0.4, -0.2) is 48.1 Å². The molecule has 0 bridgehead atoms. The molecule has 7 nitrogen and oxygen atoms in total. The van der Waals surface area contributed by atoms with Gasteiger partial charge in [0, 0.05) is 24.7 Å². The highest BCUT2D eigenvalue weighted by molar-refractivity contribution is 5.95. The summed E-state index contributed by atoms with van der Waals surface area (Å²) < 4.78 is 10.5. The zero-order valence-corrected chi connectivity index (χ0v) is 12.2. The maximum Gasteiger partial charge on any atom is 0.311 e. The number of morpholine rings is 1. The van der Waals surface area contributed by atoms with Crippen molar-refractivity contribution >= 4 is 11.6 Å². The minimum Gasteiger partial charge on any atom is -0.490 e. The van der Waals surface area contributed by atoms with Gasteiger partial charge in [-0.25, -0.2) is 0 Å². The van der Waals surface area contributed by atoms with Crippen LogP contribution < -0.4 is 4.74 Å². The first-order valence-corrected chi connectivity index (χ1v) is 6.69. The molecule has 1 saturated heterocycles. The van der Waals surface area contributed by atoms with Gasteiger partial charge in [0.25, 0.3) is 5.91 Å². The van der Waals surface area contributed by atoms with Crippen LogP contribution in [0, 0.1) is 10.1 Å². The van der Waals surface area contributed by atoms with Crippen molar-refractivity contribution in [2.45, 2.75) is 26.1 Å². The van der Waals surface area contributed by atoms with Crippen LogP contribution in [-0.2, 0) is 4.74 Å². The number of ether oxygens (including phenoxy) is 2. The zero-order chi connectivity index (χ0) is 15.6. The number of rotatable bonds is 3. The van der Waals surface area contributed by atoms with E-state index < -0.39 is 4.92 Å². The number of amides is 1. The normalized spacial score (nSPS) is 22.0. The molecule has 1 heterocycles. The topological polar surface area (TPSA) is 81.9 Å². The lowest BCUT2D eigenvalue weighted by Gasteiger charge is -2.35. The lowest BCUT2D eigenvalue weighted by Crippen LogP contribution is -2.48. The Morgan fingerprint density at radius 2 is 2.00 bits per heavy atom. The number of nitrogens with zero attached hydrogens (tertiary/aromatic N) is 2. The van der Waals surface area contributed by atoms with Gasteiger partial charge in [-0.15, -0.1) is 0 Å². The summed E-state index contributed by atoms with van der Waals surface area (Å²) in [6.45, 7) is 4.74. The summed E-state index contributed by atoms with van der Waals surface area (Å²) in [5.41, 5.74) is 0.0708. The summed E-state index contributed by atoms with van der Waals surface area (Å²) in [7, 11) is 1.36. The van der Waals surface area contributed by atoms with Crippen LogP contribution in [0.4, 0.5) is 5.69 Å². The first-order valence-electron chi connectivity index (χ1n) is 6.69. The Balaban J connectivity index is 2.27. The molecule has 1 fully saturated rings. The Morgan fingerprint density at radius 1 is 1.38 bits per heavy atom. The molecule has 2 atom stereocenters. The molecule has 114 valence electrons. The fourth-order valence-electron chi connectivity index (χ4n) is 2.49. The second-order valence-electron chi connectivity index (χ2n) is 5.11. The monoisotopic (exact) mass is 294 g/mol. The van der Waals surface area contributed by atoms with Crippen molar-refractivity contribution < 1.29 is 19.2 Å². The number of carbonyl (C=O) groups is 1. The second-order valence-corrected chi connectivity index (χ2v) is 5.11. The minimum atomic E-state index is -0.555. The van der Waals surface area contributed by atoms with Crippen LogP contribution in [0.5, 0.6) is 5.75 Å². The Morgan fingerprint density at radius 3 is 2.52 bits per heavy atom. The molecule has 0 unspecified atom stereocenters. The number of hydrogen-bond donors (Lipinski definition) is 0. The SMILES string of the molecule is COc1ccc(C(=O)N2C[C@@H](C)O[C@@H](C)C2)cc1[N+](=O)[O-]. The van der Waals surface area contributed by atoms with E-state index in [-0.39, 0.29) is 35.1 Å². The van der Waals surface area contributed by atoms with Crippen LogP contribution in [0.2, 0.25) is 0 Å². The predicted molar refractivity (Wildman–Crippen MR) is 75.6 cm³/mol. The van der Waals surface area contributed by atoms with Crippen molar-refractivity contribution in [1.29, 1.82) is 0 Å². The van der Waals surface area contributed by atoms with Crippen LogP contribution in [0.3, 0.4) is 0 Å². The van der Waals surface area contributed by atoms with Crippen LogP contribution >= 0.6 is 0 Å². The second kappa shape index (κ2) is 6.09. The number of benzene rings is 1. The largest absolute Gasteiger partial charge is 0.490 e. The Kier molecular flexibility index (Phi) is 4.42. The van der Waals surface area contributed by atoms with Gasteiger partial charge < -0.3 is 14.4 Å². The Bertz CT molecular complexity index is 550. The van der Waals surface area contributed by atoms with Gasteiger partial charge in [-0.3, -0.25) is 14.9 Å². The van der Waals surface area contributed by atoms with Gasteiger partial charge in [0.1, 0.15) is 0 Å². The maximum absolute atomic E-state index is 12.5. The molecule has 0 aromatic heterocycles. The molecule has 1 aliphatic heterocycles. The fraction of sp³-hybridized carbons (Fsp3) is 0.500. The third-order valence-electron chi connectivity index (χ3n) is 3.33. The van der Waals surface area contributed by atoms with Crippen LogP contribution in [0.15, 0.2) is 18.2 Å². The van der Waals surface area contributed by atoms with E-state index in [2.05, 4.69) is 0 Å². The molecule has 1 aromatic carbocycles. The zero-order valence-electron chi connectivity index (χ0n) is 12.2. The molecule has 7 heteroatoms. The molecule has 0 spiro atoms. The first kappa shape index (κ1) is 15.2. The van der Waals surface area contributed by atoms with Gasteiger partial charge in [0.15, 0.2) is 5.75 Å². The van der Waals surface area contributed by atoms with Crippen molar-refractivity contribution in [3.8, 4) is 5.75 Å². The number of methoxy groups -OCH3 is 1. The van der Waals surface area contributed by atoms with Gasteiger partial charge in [-0.1, -0.05) is 0 Å². The predicted octanol–water partition coefficient (Wildman–Crippen LogP) is 1.85. The summed E-state index contributed by atoms with van der Waals surface area (Å²) in [4.78, 5) is 24.6. The molecule has 1 amide bonds. The van der Waals surface area contributed by atoms with E-state index in [0.29, 0.717) is 13.1 Å². The standard InChI is InChI=1S/C14H18N2O5/c1-9-7-15(8-10(2)21-9)14(17)11-4-5-13(20-3)12(6-11)16(18)19/h4-6,9-10H,7-8H2,1-3H3/t9-,10+. The quantitative estimate of drug-likeness (QED) is 0.627. The third-order valence-corrected chi connectivity index (χ3v) is 3.33. The van der Waals surface area contributed by atoms with E-state index in [4.69, 9.17) is 9.47 Å². The van der Waals surface area contributed by atoms with Gasteiger partial charge in [0.2, 0.25) is 0 Å². The number of nitro groups is 1. The van der Waals surface area contributed by atoms with Crippen molar-refractivity contribution in [3.63, 3.8) is 0 Å². The average Bonchev–Trinajstić information content (AvgIpc) is 2.44. The molecule has 0 radical (unpaired) electrons. The Hall–Kier alpha value is -2.15. The molecule has 0 aliphatic carbocycles. The number of nitro benzene ring substituents is 1. The van der Waals surface area contributed by atoms with Gasteiger partial charge >= 0.3 is 5.69 Å². The third kappa shape index (κ3) is 3.30. The van der Waals surface area contributed by atoms with E-state index in [0.717, 1.165) is 0 Å². The van der Waals surface area contributed by atoms with Crippen molar-refractivity contribution in [3.05, 3.63) is 33.9 Å². The summed E-state index contributed by atoms with van der Waals surface area (Å²) >= 11 is 0. The van der Waals surface area contributed by atoms with Crippen LogP contribution in [0.25, 0.3) is 0 Å². The lowest BCUT2D eigenvalue weighted by atomic mass is 10.1. The highest BCUT2D eigenvalue weighted by Crippen LogP contribution is 2.28. The summed E-state index contributed by atoms with van der Waals surface area (Å²) in [5, 5.41) is 11.0. The van der Waals surface area contributed by atoms with E-state index in [1.165, 1.54) is 19.2 Å². The summed E-state index contributed by atoms with van der Waals surface area (Å²) in [6.07, 6.45) is -0.100. The summed E-state index contributed by atoms with van der Waals surface area (Å²) in [5.74, 6) is -0.0944. The molecule has 1 aliphatic rings.